The molecule has 1 aromatic carbocycles. The lowest BCUT2D eigenvalue weighted by Gasteiger charge is -2.34. The van der Waals surface area contributed by atoms with Crippen LogP contribution < -0.4 is 0 Å². The number of halogens is 2. The lowest BCUT2D eigenvalue weighted by molar-refractivity contribution is -0.143. The van der Waals surface area contributed by atoms with Crippen LogP contribution in [-0.2, 0) is 19.7 Å². The number of amides is 1. The Hall–Kier alpha value is -1.71. The van der Waals surface area contributed by atoms with Gasteiger partial charge in [0.2, 0.25) is 16.1 Å². The number of benzene rings is 1. The van der Waals surface area contributed by atoms with Gasteiger partial charge in [-0.2, -0.15) is 4.31 Å². The Bertz CT molecular complexity index is 818. The third-order valence-corrected chi connectivity index (χ3v) is 6.70. The number of nitrogens with zero attached hydrogens (tertiary/aromatic N) is 3. The van der Waals surface area contributed by atoms with Crippen molar-refractivity contribution in [3.63, 3.8) is 0 Å². The molecule has 1 atom stereocenters. The molecule has 3 rings (SSSR count). The van der Waals surface area contributed by atoms with Crippen LogP contribution in [-0.4, -0.2) is 67.3 Å². The Morgan fingerprint density at radius 2 is 2.04 bits per heavy atom. The summed E-state index contributed by atoms with van der Waals surface area (Å²) < 4.78 is 39.1. The van der Waals surface area contributed by atoms with E-state index < -0.39 is 21.9 Å². The molecule has 0 aliphatic carbocycles. The van der Waals surface area contributed by atoms with E-state index in [2.05, 4.69) is 5.16 Å². The number of carbonyl (C=O) groups is 1. The predicted molar refractivity (Wildman–Crippen MR) is 95.1 cm³/mol. The van der Waals surface area contributed by atoms with Crippen LogP contribution in [0.5, 0.6) is 0 Å². The zero-order valence-electron chi connectivity index (χ0n) is 14.2. The molecule has 2 heterocycles. The minimum atomic E-state index is -3.26. The van der Waals surface area contributed by atoms with E-state index in [-0.39, 0.29) is 54.8 Å². The quantitative estimate of drug-likeness (QED) is 0.762. The van der Waals surface area contributed by atoms with Gasteiger partial charge in [-0.25, -0.2) is 12.8 Å². The van der Waals surface area contributed by atoms with E-state index in [9.17, 15) is 17.6 Å². The second-order valence-electron chi connectivity index (χ2n) is 6.06. The van der Waals surface area contributed by atoms with Crippen LogP contribution in [0.4, 0.5) is 4.39 Å². The zero-order chi connectivity index (χ0) is 18.9. The zero-order valence-corrected chi connectivity index (χ0v) is 15.8. The molecule has 0 spiro atoms. The summed E-state index contributed by atoms with van der Waals surface area (Å²) in [7, 11) is -3.26. The van der Waals surface area contributed by atoms with Gasteiger partial charge in [0, 0.05) is 32.6 Å². The van der Waals surface area contributed by atoms with E-state index in [0.717, 1.165) is 0 Å². The van der Waals surface area contributed by atoms with Crippen molar-refractivity contribution in [1.29, 1.82) is 0 Å². The summed E-state index contributed by atoms with van der Waals surface area (Å²) >= 11 is 6.02. The highest BCUT2D eigenvalue weighted by molar-refractivity contribution is 7.89. The highest BCUT2D eigenvalue weighted by Crippen LogP contribution is 2.26. The van der Waals surface area contributed by atoms with E-state index in [4.69, 9.17) is 16.4 Å². The molecule has 0 aromatic heterocycles. The molecule has 142 valence electrons. The predicted octanol–water partition coefficient (Wildman–Crippen LogP) is 1.47. The first-order valence-corrected chi connectivity index (χ1v) is 10.3. The average molecular weight is 404 g/mol. The Morgan fingerprint density at radius 1 is 1.35 bits per heavy atom. The van der Waals surface area contributed by atoms with Gasteiger partial charge in [0.25, 0.3) is 5.91 Å². The van der Waals surface area contributed by atoms with Crippen molar-refractivity contribution in [2.45, 2.75) is 19.4 Å². The van der Waals surface area contributed by atoms with Gasteiger partial charge >= 0.3 is 0 Å². The Balaban J connectivity index is 1.62. The molecule has 0 bridgehead atoms. The standard InChI is InChI=1S/C16H19ClFN3O4S/c1-2-26(23,24)21-8-6-20(7-9-21)16(22)14-10-13(19-25-14)15-11(17)4-3-5-12(15)18/h3-5,14H,2,6-10H2,1H3/t14-/m0/s1. The second kappa shape index (κ2) is 7.50. The summed E-state index contributed by atoms with van der Waals surface area (Å²) in [6.45, 7) is 2.66. The van der Waals surface area contributed by atoms with Crippen LogP contribution in [0.15, 0.2) is 23.4 Å². The second-order valence-corrected chi connectivity index (χ2v) is 8.72. The molecule has 0 saturated carbocycles. The number of sulfonamides is 1. The van der Waals surface area contributed by atoms with Crippen molar-refractivity contribution < 1.29 is 22.4 Å². The van der Waals surface area contributed by atoms with Crippen molar-refractivity contribution in [3.8, 4) is 0 Å². The fraction of sp³-hybridized carbons (Fsp3) is 0.500. The highest BCUT2D eigenvalue weighted by atomic mass is 35.5. The molecule has 0 N–H and O–H groups in total. The van der Waals surface area contributed by atoms with Crippen molar-refractivity contribution in [2.24, 2.45) is 5.16 Å². The van der Waals surface area contributed by atoms with Crippen LogP contribution in [0.1, 0.15) is 18.9 Å². The normalized spacial score (nSPS) is 21.4. The molecule has 0 radical (unpaired) electrons. The smallest absolute Gasteiger partial charge is 0.266 e. The summed E-state index contributed by atoms with van der Waals surface area (Å²) in [4.78, 5) is 19.4. The summed E-state index contributed by atoms with van der Waals surface area (Å²) in [5.41, 5.74) is 0.432. The molecule has 1 amide bonds. The van der Waals surface area contributed by atoms with Crippen molar-refractivity contribution in [2.75, 3.05) is 31.9 Å². The minimum absolute atomic E-state index is 0.0350. The SMILES string of the molecule is CCS(=O)(=O)N1CCN(C(=O)[C@@H]2CC(c3c(F)cccc3Cl)=NO2)CC1. The van der Waals surface area contributed by atoms with Crippen molar-refractivity contribution in [1.82, 2.24) is 9.21 Å². The molecular weight excluding hydrogens is 385 g/mol. The molecule has 1 saturated heterocycles. The van der Waals surface area contributed by atoms with Crippen LogP contribution in [0.25, 0.3) is 0 Å². The largest absolute Gasteiger partial charge is 0.382 e. The van der Waals surface area contributed by atoms with E-state index >= 15 is 0 Å². The average Bonchev–Trinajstić information content (AvgIpc) is 3.10. The molecule has 0 unspecified atom stereocenters. The maximum absolute atomic E-state index is 14.0. The molecular formula is C16H19ClFN3O4S. The lowest BCUT2D eigenvalue weighted by Crippen LogP contribution is -2.53. The molecule has 1 aromatic rings. The number of hydrogen-bond acceptors (Lipinski definition) is 5. The number of carbonyl (C=O) groups excluding carboxylic acids is 1. The summed E-state index contributed by atoms with van der Waals surface area (Å²) in [6.07, 6.45) is -0.734. The highest BCUT2D eigenvalue weighted by Gasteiger charge is 2.36. The molecule has 10 heteroatoms. The van der Waals surface area contributed by atoms with Crippen LogP contribution in [0, 0.1) is 5.82 Å². The van der Waals surface area contributed by atoms with E-state index in [1.54, 1.807) is 17.9 Å². The van der Waals surface area contributed by atoms with Crippen LogP contribution >= 0.6 is 11.6 Å². The maximum Gasteiger partial charge on any atom is 0.266 e. The van der Waals surface area contributed by atoms with Crippen LogP contribution in [0.2, 0.25) is 5.02 Å². The van der Waals surface area contributed by atoms with Gasteiger partial charge in [0.15, 0.2) is 0 Å². The number of piperazine rings is 1. The van der Waals surface area contributed by atoms with Gasteiger partial charge in [-0.1, -0.05) is 22.8 Å². The monoisotopic (exact) mass is 403 g/mol. The van der Waals surface area contributed by atoms with Gasteiger partial charge in [-0.15, -0.1) is 0 Å². The van der Waals surface area contributed by atoms with Crippen LogP contribution in [0.3, 0.4) is 0 Å². The third kappa shape index (κ3) is 3.70. The van der Waals surface area contributed by atoms with Gasteiger partial charge in [-0.3, -0.25) is 4.79 Å². The topological polar surface area (TPSA) is 79.3 Å². The van der Waals surface area contributed by atoms with Gasteiger partial charge in [-0.05, 0) is 19.1 Å². The van der Waals surface area contributed by atoms with E-state index in [0.29, 0.717) is 5.71 Å². The summed E-state index contributed by atoms with van der Waals surface area (Å²) in [5.74, 6) is -0.774. The number of hydrogen-bond donors (Lipinski definition) is 0. The van der Waals surface area contributed by atoms with E-state index in [1.165, 1.54) is 16.4 Å². The first kappa shape index (κ1) is 19.1. The first-order valence-electron chi connectivity index (χ1n) is 8.27. The van der Waals surface area contributed by atoms with E-state index in [1.807, 2.05) is 0 Å². The minimum Gasteiger partial charge on any atom is -0.382 e. The molecule has 1 fully saturated rings. The third-order valence-electron chi connectivity index (χ3n) is 4.50. The summed E-state index contributed by atoms with van der Waals surface area (Å²) in [6, 6.07) is 4.31. The fourth-order valence-electron chi connectivity index (χ4n) is 3.00. The Labute approximate surface area is 156 Å². The fourth-order valence-corrected chi connectivity index (χ4v) is 4.36. The lowest BCUT2D eigenvalue weighted by atomic mass is 10.0. The van der Waals surface area contributed by atoms with Gasteiger partial charge in [0.05, 0.1) is 22.1 Å². The van der Waals surface area contributed by atoms with Crippen molar-refractivity contribution >= 4 is 33.2 Å². The number of oxime groups is 1. The van der Waals surface area contributed by atoms with Gasteiger partial charge in [0.1, 0.15) is 5.82 Å². The summed E-state index contributed by atoms with van der Waals surface area (Å²) in [5, 5.41) is 4.04. The molecule has 2 aliphatic heterocycles. The maximum atomic E-state index is 14.0. The first-order chi connectivity index (χ1) is 12.3. The molecule has 26 heavy (non-hydrogen) atoms. The Kier molecular flexibility index (Phi) is 5.50. The Morgan fingerprint density at radius 3 is 2.65 bits per heavy atom. The van der Waals surface area contributed by atoms with Crippen molar-refractivity contribution in [3.05, 3.63) is 34.6 Å². The molecule has 7 nitrogen and oxygen atoms in total. The number of rotatable bonds is 4. The van der Waals surface area contributed by atoms with Gasteiger partial charge < -0.3 is 9.74 Å². The molecule has 2 aliphatic rings.